The van der Waals surface area contributed by atoms with Crippen molar-refractivity contribution in [2.24, 2.45) is 0 Å². The van der Waals surface area contributed by atoms with Crippen molar-refractivity contribution in [1.29, 1.82) is 0 Å². The second-order valence-corrected chi connectivity index (χ2v) is 3.59. The highest BCUT2D eigenvalue weighted by Gasteiger charge is 2.09. The van der Waals surface area contributed by atoms with Crippen LogP contribution in [0.1, 0.15) is 25.0 Å². The van der Waals surface area contributed by atoms with E-state index in [9.17, 15) is 5.11 Å². The first-order valence-corrected chi connectivity index (χ1v) is 4.59. The van der Waals surface area contributed by atoms with Crippen LogP contribution in [0.5, 0.6) is 0 Å². The molecule has 0 unspecified atom stereocenters. The molecule has 2 nitrogen and oxygen atoms in total. The molecule has 0 radical (unpaired) electrons. The van der Waals surface area contributed by atoms with Gasteiger partial charge in [-0.15, -0.1) is 0 Å². The molecule has 0 amide bonds. The molecule has 2 atom stereocenters. The van der Waals surface area contributed by atoms with E-state index < -0.39 is 12.2 Å². The maximum absolute atomic E-state index is 9.58. The van der Waals surface area contributed by atoms with Gasteiger partial charge in [0.2, 0.25) is 0 Å². The van der Waals surface area contributed by atoms with Crippen molar-refractivity contribution in [3.63, 3.8) is 0 Å². The summed E-state index contributed by atoms with van der Waals surface area (Å²) in [6.45, 7) is 1.65. The fourth-order valence-electron chi connectivity index (χ4n) is 1.14. The Morgan fingerprint density at radius 3 is 2.23 bits per heavy atom. The van der Waals surface area contributed by atoms with Crippen LogP contribution in [0.15, 0.2) is 24.3 Å². The average molecular weight is 201 g/mol. The van der Waals surface area contributed by atoms with Crippen LogP contribution in [0.2, 0.25) is 5.02 Å². The normalized spacial score (nSPS) is 15.4. The number of halogens is 1. The van der Waals surface area contributed by atoms with Gasteiger partial charge >= 0.3 is 0 Å². The minimum absolute atomic E-state index is 0.349. The Kier molecular flexibility index (Phi) is 3.72. The smallest absolute Gasteiger partial charge is 0.0814 e. The van der Waals surface area contributed by atoms with Crippen LogP contribution < -0.4 is 0 Å². The lowest BCUT2D eigenvalue weighted by atomic mass is 10.0. The second kappa shape index (κ2) is 4.61. The lowest BCUT2D eigenvalue weighted by Crippen LogP contribution is -2.07. The average Bonchev–Trinajstić information content (AvgIpc) is 2.04. The van der Waals surface area contributed by atoms with Crippen LogP contribution in [0.25, 0.3) is 0 Å². The van der Waals surface area contributed by atoms with Crippen LogP contribution in [0.3, 0.4) is 0 Å². The Hall–Kier alpha value is -0.570. The molecule has 0 aliphatic rings. The Morgan fingerprint density at radius 1 is 1.23 bits per heavy atom. The number of rotatable bonds is 3. The molecule has 0 aliphatic carbocycles. The maximum Gasteiger partial charge on any atom is 0.0814 e. The van der Waals surface area contributed by atoms with E-state index in [4.69, 9.17) is 16.7 Å². The zero-order chi connectivity index (χ0) is 9.84. The van der Waals surface area contributed by atoms with Crippen molar-refractivity contribution in [3.05, 3.63) is 34.9 Å². The third-order valence-electron chi connectivity index (χ3n) is 1.82. The molecule has 0 spiro atoms. The number of hydrogen-bond acceptors (Lipinski definition) is 2. The lowest BCUT2D eigenvalue weighted by Gasteiger charge is -2.12. The Balaban J connectivity index is 2.66. The largest absolute Gasteiger partial charge is 0.393 e. The molecule has 0 fully saturated rings. The van der Waals surface area contributed by atoms with Crippen molar-refractivity contribution in [2.75, 3.05) is 0 Å². The highest BCUT2D eigenvalue weighted by atomic mass is 35.5. The molecule has 2 N–H and O–H groups in total. The topological polar surface area (TPSA) is 40.5 Å². The third-order valence-corrected chi connectivity index (χ3v) is 2.07. The van der Waals surface area contributed by atoms with Crippen LogP contribution in [0.4, 0.5) is 0 Å². The van der Waals surface area contributed by atoms with Crippen molar-refractivity contribution < 1.29 is 10.2 Å². The molecular weight excluding hydrogens is 188 g/mol. The standard InChI is InChI=1S/C10H13ClO2/c1-7(12)6-10(13)8-2-4-9(11)5-3-8/h2-5,7,10,12-13H,6H2,1H3/t7-,10-/m0/s1. The quantitative estimate of drug-likeness (QED) is 0.785. The first kappa shape index (κ1) is 10.5. The summed E-state index contributed by atoms with van der Waals surface area (Å²) in [6.07, 6.45) is -0.760. The van der Waals surface area contributed by atoms with E-state index >= 15 is 0 Å². The van der Waals surface area contributed by atoms with Crippen LogP contribution in [0, 0.1) is 0 Å². The van der Waals surface area contributed by atoms with Gasteiger partial charge in [0, 0.05) is 11.4 Å². The van der Waals surface area contributed by atoms with Crippen molar-refractivity contribution in [3.8, 4) is 0 Å². The van der Waals surface area contributed by atoms with Crippen LogP contribution in [-0.2, 0) is 0 Å². The molecule has 1 rings (SSSR count). The van der Waals surface area contributed by atoms with Crippen molar-refractivity contribution in [2.45, 2.75) is 25.6 Å². The van der Waals surface area contributed by atoms with Crippen LogP contribution >= 0.6 is 11.6 Å². The van der Waals surface area contributed by atoms with E-state index in [1.54, 1.807) is 31.2 Å². The fourth-order valence-corrected chi connectivity index (χ4v) is 1.27. The summed E-state index contributed by atoms with van der Waals surface area (Å²) < 4.78 is 0. The van der Waals surface area contributed by atoms with Gasteiger partial charge in [-0.1, -0.05) is 23.7 Å². The molecular formula is C10H13ClO2. The first-order valence-electron chi connectivity index (χ1n) is 4.21. The van der Waals surface area contributed by atoms with E-state index in [1.807, 2.05) is 0 Å². The number of hydrogen-bond donors (Lipinski definition) is 2. The molecule has 3 heteroatoms. The van der Waals surface area contributed by atoms with Gasteiger partial charge in [-0.05, 0) is 24.6 Å². The van der Waals surface area contributed by atoms with Gasteiger partial charge in [0.15, 0.2) is 0 Å². The second-order valence-electron chi connectivity index (χ2n) is 3.15. The monoisotopic (exact) mass is 200 g/mol. The van der Waals surface area contributed by atoms with Crippen LogP contribution in [-0.4, -0.2) is 16.3 Å². The van der Waals surface area contributed by atoms with Crippen molar-refractivity contribution >= 4 is 11.6 Å². The van der Waals surface area contributed by atoms with Gasteiger partial charge in [-0.2, -0.15) is 0 Å². The lowest BCUT2D eigenvalue weighted by molar-refractivity contribution is 0.0907. The minimum Gasteiger partial charge on any atom is -0.393 e. The third kappa shape index (κ3) is 3.35. The van der Waals surface area contributed by atoms with Gasteiger partial charge < -0.3 is 10.2 Å². The summed E-state index contributed by atoms with van der Waals surface area (Å²) in [4.78, 5) is 0. The summed E-state index contributed by atoms with van der Waals surface area (Å²) >= 11 is 5.69. The van der Waals surface area contributed by atoms with E-state index in [-0.39, 0.29) is 0 Å². The fraction of sp³-hybridized carbons (Fsp3) is 0.400. The molecule has 0 aromatic heterocycles. The molecule has 13 heavy (non-hydrogen) atoms. The molecule has 0 saturated carbocycles. The van der Waals surface area contributed by atoms with Crippen molar-refractivity contribution in [1.82, 2.24) is 0 Å². The molecule has 1 aromatic rings. The predicted molar refractivity (Wildman–Crippen MR) is 52.7 cm³/mol. The van der Waals surface area contributed by atoms with E-state index in [0.717, 1.165) is 5.56 Å². The minimum atomic E-state index is -0.614. The van der Waals surface area contributed by atoms with Gasteiger partial charge in [0.25, 0.3) is 0 Å². The first-order chi connectivity index (χ1) is 6.09. The highest BCUT2D eigenvalue weighted by molar-refractivity contribution is 6.30. The van der Waals surface area contributed by atoms with E-state index in [1.165, 1.54) is 0 Å². The summed E-state index contributed by atoms with van der Waals surface area (Å²) in [5.41, 5.74) is 0.783. The molecule has 0 heterocycles. The summed E-state index contributed by atoms with van der Waals surface area (Å²) in [6, 6.07) is 6.97. The van der Waals surface area contributed by atoms with E-state index in [2.05, 4.69) is 0 Å². The maximum atomic E-state index is 9.58. The van der Waals surface area contributed by atoms with E-state index in [0.29, 0.717) is 11.4 Å². The number of aliphatic hydroxyl groups excluding tert-OH is 2. The SMILES string of the molecule is C[C@H](O)C[C@H](O)c1ccc(Cl)cc1. The molecule has 0 bridgehead atoms. The molecule has 0 aliphatic heterocycles. The summed E-state index contributed by atoms with van der Waals surface area (Å²) in [5, 5.41) is 19.3. The Morgan fingerprint density at radius 2 is 1.77 bits per heavy atom. The Bertz CT molecular complexity index is 256. The zero-order valence-corrected chi connectivity index (χ0v) is 8.20. The summed E-state index contributed by atoms with van der Waals surface area (Å²) in [5.74, 6) is 0. The predicted octanol–water partition coefficient (Wildman–Crippen LogP) is 2.14. The van der Waals surface area contributed by atoms with Gasteiger partial charge in [0.05, 0.1) is 12.2 Å². The van der Waals surface area contributed by atoms with Gasteiger partial charge in [-0.3, -0.25) is 0 Å². The highest BCUT2D eigenvalue weighted by Crippen LogP contribution is 2.20. The number of aliphatic hydroxyl groups is 2. The van der Waals surface area contributed by atoms with Gasteiger partial charge in [0.1, 0.15) is 0 Å². The number of benzene rings is 1. The Labute approximate surface area is 82.8 Å². The summed E-state index contributed by atoms with van der Waals surface area (Å²) in [7, 11) is 0. The molecule has 72 valence electrons. The molecule has 0 saturated heterocycles. The molecule has 1 aromatic carbocycles. The van der Waals surface area contributed by atoms with Gasteiger partial charge in [-0.25, -0.2) is 0 Å². The zero-order valence-electron chi connectivity index (χ0n) is 7.44.